The summed E-state index contributed by atoms with van der Waals surface area (Å²) in [6.45, 7) is 1.85. The summed E-state index contributed by atoms with van der Waals surface area (Å²) in [6, 6.07) is 9.14. The van der Waals surface area contributed by atoms with Crippen molar-refractivity contribution in [3.63, 3.8) is 0 Å². The Balaban J connectivity index is 2.70. The number of nitrogens with zero attached hydrogens (tertiary/aromatic N) is 1. The Morgan fingerprint density at radius 1 is 1.53 bits per heavy atom. The van der Waals surface area contributed by atoms with Gasteiger partial charge in [-0.15, -0.1) is 0 Å². The van der Waals surface area contributed by atoms with Gasteiger partial charge in [-0.05, 0) is 30.8 Å². The number of carbonyl (C=O) groups is 1. The Kier molecular flexibility index (Phi) is 4.68. The molecule has 1 aromatic carbocycles. The molecular weight excluding hydrogens is 210 g/mol. The first kappa shape index (κ1) is 11.6. The van der Waals surface area contributed by atoms with Crippen molar-refractivity contribution in [1.29, 1.82) is 0 Å². The molecule has 0 aliphatic heterocycles. The van der Waals surface area contributed by atoms with Crippen molar-refractivity contribution in [2.24, 2.45) is 4.99 Å². The second-order valence-electron chi connectivity index (χ2n) is 2.87. The molecule has 1 unspecified atom stereocenters. The van der Waals surface area contributed by atoms with Crippen molar-refractivity contribution in [2.75, 3.05) is 0 Å². The van der Waals surface area contributed by atoms with E-state index in [1.165, 1.54) is 0 Å². The van der Waals surface area contributed by atoms with Crippen molar-refractivity contribution >= 4 is 23.3 Å². The Morgan fingerprint density at radius 3 is 2.73 bits per heavy atom. The highest BCUT2D eigenvalue weighted by molar-refractivity contribution is 7.78. The van der Waals surface area contributed by atoms with Crippen LogP contribution in [0, 0.1) is 0 Å². The van der Waals surface area contributed by atoms with Crippen LogP contribution in [-0.4, -0.2) is 17.2 Å². The summed E-state index contributed by atoms with van der Waals surface area (Å²) in [7, 11) is 0. The SMILES string of the molecule is CCC(Oc1ccccc1)C(=O)N=C=S. The zero-order valence-corrected chi connectivity index (χ0v) is 9.16. The van der Waals surface area contributed by atoms with Gasteiger partial charge in [0.05, 0.1) is 5.16 Å². The number of rotatable bonds is 4. The fourth-order valence-electron chi connectivity index (χ4n) is 1.09. The lowest BCUT2D eigenvalue weighted by Gasteiger charge is -2.12. The predicted octanol–water partition coefficient (Wildman–Crippen LogP) is 2.47. The number of thiocarbonyl (C=S) groups is 1. The first-order valence-corrected chi connectivity index (χ1v) is 5.02. The number of aliphatic imine (C=N–C) groups is 1. The molecule has 0 bridgehead atoms. The molecule has 3 nitrogen and oxygen atoms in total. The molecule has 0 spiro atoms. The lowest BCUT2D eigenvalue weighted by molar-refractivity contribution is -0.124. The second kappa shape index (κ2) is 6.06. The van der Waals surface area contributed by atoms with Crippen molar-refractivity contribution in [3.05, 3.63) is 30.3 Å². The summed E-state index contributed by atoms with van der Waals surface area (Å²) in [5.74, 6) is 0.258. The number of benzene rings is 1. The van der Waals surface area contributed by atoms with E-state index in [4.69, 9.17) is 4.74 Å². The Morgan fingerprint density at radius 2 is 2.20 bits per heavy atom. The van der Waals surface area contributed by atoms with E-state index in [0.717, 1.165) is 0 Å². The Hall–Kier alpha value is -1.51. The molecule has 0 aliphatic rings. The third-order valence-corrected chi connectivity index (χ3v) is 1.91. The van der Waals surface area contributed by atoms with Gasteiger partial charge in [0.15, 0.2) is 6.10 Å². The first-order valence-electron chi connectivity index (χ1n) is 4.61. The van der Waals surface area contributed by atoms with Crippen LogP contribution < -0.4 is 4.74 Å². The second-order valence-corrected chi connectivity index (χ2v) is 3.05. The molecule has 0 saturated carbocycles. The third-order valence-electron chi connectivity index (χ3n) is 1.82. The van der Waals surface area contributed by atoms with E-state index in [2.05, 4.69) is 17.2 Å². The van der Waals surface area contributed by atoms with Crippen molar-refractivity contribution in [3.8, 4) is 5.75 Å². The molecule has 1 rings (SSSR count). The van der Waals surface area contributed by atoms with Gasteiger partial charge in [-0.3, -0.25) is 4.79 Å². The average Bonchev–Trinajstić information content (AvgIpc) is 2.27. The quantitative estimate of drug-likeness (QED) is 0.579. The maximum atomic E-state index is 11.4. The molecule has 0 N–H and O–H groups in total. The van der Waals surface area contributed by atoms with Gasteiger partial charge < -0.3 is 4.74 Å². The van der Waals surface area contributed by atoms with Gasteiger partial charge in [0.25, 0.3) is 5.91 Å². The number of hydrogen-bond donors (Lipinski definition) is 0. The van der Waals surface area contributed by atoms with E-state index < -0.39 is 12.0 Å². The minimum Gasteiger partial charge on any atom is -0.481 e. The number of amides is 1. The van der Waals surface area contributed by atoms with Crippen LogP contribution in [0.15, 0.2) is 35.3 Å². The number of hydrogen-bond acceptors (Lipinski definition) is 3. The maximum Gasteiger partial charge on any atom is 0.295 e. The van der Waals surface area contributed by atoms with Crippen LogP contribution in [0.3, 0.4) is 0 Å². The van der Waals surface area contributed by atoms with Gasteiger partial charge in [0.1, 0.15) is 5.75 Å². The molecule has 1 atom stereocenters. The minimum atomic E-state index is -0.581. The number of carbonyl (C=O) groups excluding carboxylic acids is 1. The van der Waals surface area contributed by atoms with E-state index >= 15 is 0 Å². The molecule has 15 heavy (non-hydrogen) atoms. The highest BCUT2D eigenvalue weighted by Gasteiger charge is 2.16. The molecule has 78 valence electrons. The Bertz CT molecular complexity index is 371. The van der Waals surface area contributed by atoms with Crippen LogP contribution in [0.25, 0.3) is 0 Å². The van der Waals surface area contributed by atoms with Crippen LogP contribution in [0.2, 0.25) is 0 Å². The average molecular weight is 221 g/mol. The first-order chi connectivity index (χ1) is 7.27. The molecule has 1 aromatic rings. The van der Waals surface area contributed by atoms with E-state index in [-0.39, 0.29) is 0 Å². The predicted molar refractivity (Wildman–Crippen MR) is 61.2 cm³/mol. The zero-order chi connectivity index (χ0) is 11.1. The van der Waals surface area contributed by atoms with Gasteiger partial charge in [0, 0.05) is 0 Å². The van der Waals surface area contributed by atoms with Crippen molar-refractivity contribution < 1.29 is 9.53 Å². The molecule has 0 fully saturated rings. The van der Waals surface area contributed by atoms with E-state index in [9.17, 15) is 4.79 Å². The summed E-state index contributed by atoms with van der Waals surface area (Å²) in [5.41, 5.74) is 0. The molecule has 1 amide bonds. The smallest absolute Gasteiger partial charge is 0.295 e. The van der Waals surface area contributed by atoms with Crippen LogP contribution in [0.4, 0.5) is 0 Å². The molecule has 0 heterocycles. The molecule has 0 aromatic heterocycles. The summed E-state index contributed by atoms with van der Waals surface area (Å²) < 4.78 is 5.45. The van der Waals surface area contributed by atoms with Gasteiger partial charge in [-0.2, -0.15) is 4.99 Å². The van der Waals surface area contributed by atoms with Crippen LogP contribution >= 0.6 is 12.2 Å². The molecule has 0 saturated heterocycles. The van der Waals surface area contributed by atoms with Crippen molar-refractivity contribution in [1.82, 2.24) is 0 Å². The van der Waals surface area contributed by atoms with Gasteiger partial charge in [-0.1, -0.05) is 25.1 Å². The lowest BCUT2D eigenvalue weighted by Crippen LogP contribution is -2.24. The largest absolute Gasteiger partial charge is 0.481 e. The summed E-state index contributed by atoms with van der Waals surface area (Å²) >= 11 is 4.37. The van der Waals surface area contributed by atoms with Crippen LogP contribution in [-0.2, 0) is 4.79 Å². The minimum absolute atomic E-state index is 0.392. The van der Waals surface area contributed by atoms with E-state index in [0.29, 0.717) is 12.2 Å². The molecule has 0 aliphatic carbocycles. The fraction of sp³-hybridized carbons (Fsp3) is 0.273. The van der Waals surface area contributed by atoms with Gasteiger partial charge in [-0.25, -0.2) is 0 Å². The monoisotopic (exact) mass is 221 g/mol. The standard InChI is InChI=1S/C11H11NO2S/c1-2-10(11(13)12-8-15)14-9-6-4-3-5-7-9/h3-7,10H,2H2,1H3. The number of isothiocyanates is 1. The van der Waals surface area contributed by atoms with Gasteiger partial charge in [0.2, 0.25) is 0 Å². The summed E-state index contributed by atoms with van der Waals surface area (Å²) in [6.07, 6.45) is -0.0309. The highest BCUT2D eigenvalue weighted by Crippen LogP contribution is 2.13. The molecule has 4 heteroatoms. The highest BCUT2D eigenvalue weighted by atomic mass is 32.1. The van der Waals surface area contributed by atoms with Crippen LogP contribution in [0.5, 0.6) is 5.75 Å². The Labute approximate surface area is 93.8 Å². The lowest BCUT2D eigenvalue weighted by atomic mass is 10.2. The van der Waals surface area contributed by atoms with E-state index in [1.54, 1.807) is 12.1 Å². The van der Waals surface area contributed by atoms with Gasteiger partial charge >= 0.3 is 0 Å². The normalized spacial score (nSPS) is 11.3. The van der Waals surface area contributed by atoms with Crippen LogP contribution in [0.1, 0.15) is 13.3 Å². The molecular formula is C11H11NO2S. The third kappa shape index (κ3) is 3.62. The maximum absolute atomic E-state index is 11.4. The van der Waals surface area contributed by atoms with E-state index in [1.807, 2.05) is 30.3 Å². The van der Waals surface area contributed by atoms with Crippen molar-refractivity contribution in [2.45, 2.75) is 19.4 Å². The summed E-state index contributed by atoms with van der Waals surface area (Å²) in [4.78, 5) is 14.8. The number of para-hydroxylation sites is 1. The number of ether oxygens (including phenoxy) is 1. The summed E-state index contributed by atoms with van der Waals surface area (Å²) in [5, 5.41) is 2.05. The fourth-order valence-corrected chi connectivity index (χ4v) is 1.18. The zero-order valence-electron chi connectivity index (χ0n) is 8.34. The molecule has 0 radical (unpaired) electrons. The topological polar surface area (TPSA) is 38.7 Å².